The van der Waals surface area contributed by atoms with Crippen LogP contribution >= 0.6 is 11.8 Å². The second kappa shape index (κ2) is 7.36. The summed E-state index contributed by atoms with van der Waals surface area (Å²) in [6.07, 6.45) is 0. The lowest BCUT2D eigenvalue weighted by Gasteiger charge is -2.08. The molecule has 0 bridgehead atoms. The first-order valence-corrected chi connectivity index (χ1v) is 9.66. The number of thioether (sulfide) groups is 1. The lowest BCUT2D eigenvalue weighted by molar-refractivity contribution is -0.118. The van der Waals surface area contributed by atoms with Gasteiger partial charge in [-0.05, 0) is 37.1 Å². The molecule has 0 aliphatic heterocycles. The van der Waals surface area contributed by atoms with E-state index in [-0.39, 0.29) is 11.7 Å². The lowest BCUT2D eigenvalue weighted by Crippen LogP contribution is -2.25. The number of carbonyl (C=O) groups is 1. The fraction of sp³-hybridized carbons (Fsp3) is 0.200. The predicted molar refractivity (Wildman–Crippen MR) is 107 cm³/mol. The molecule has 0 saturated carbocycles. The molecule has 0 radical (unpaired) electrons. The van der Waals surface area contributed by atoms with E-state index in [2.05, 4.69) is 20.4 Å². The highest BCUT2D eigenvalue weighted by atomic mass is 32.2. The first-order chi connectivity index (χ1) is 13.1. The van der Waals surface area contributed by atoms with Crippen molar-refractivity contribution in [2.75, 3.05) is 5.75 Å². The Labute approximate surface area is 161 Å². The highest BCUT2D eigenvalue weighted by molar-refractivity contribution is 7.99. The fourth-order valence-corrected chi connectivity index (χ4v) is 3.68. The van der Waals surface area contributed by atoms with E-state index in [0.29, 0.717) is 17.5 Å². The minimum Gasteiger partial charge on any atom is -0.351 e. The molecule has 27 heavy (non-hydrogen) atoms. The Hall–Kier alpha value is -2.93. The summed E-state index contributed by atoms with van der Waals surface area (Å²) in [5.74, 6) is 0.910. The van der Waals surface area contributed by atoms with Crippen molar-refractivity contribution in [2.24, 2.45) is 0 Å². The van der Waals surface area contributed by atoms with Gasteiger partial charge in [0.2, 0.25) is 5.91 Å². The first-order valence-electron chi connectivity index (χ1n) is 8.68. The van der Waals surface area contributed by atoms with Crippen LogP contribution in [0.15, 0.2) is 53.7 Å². The molecule has 0 unspecified atom stereocenters. The number of para-hydroxylation sites is 1. The van der Waals surface area contributed by atoms with Crippen molar-refractivity contribution in [3.63, 3.8) is 0 Å². The predicted octanol–water partition coefficient (Wildman–Crippen LogP) is 3.30. The first kappa shape index (κ1) is 17.5. The zero-order valence-corrected chi connectivity index (χ0v) is 16.0. The van der Waals surface area contributed by atoms with Gasteiger partial charge in [0.1, 0.15) is 5.82 Å². The van der Waals surface area contributed by atoms with E-state index in [1.54, 1.807) is 4.52 Å². The molecular formula is C20H19N5OS. The van der Waals surface area contributed by atoms with Crippen LogP contribution in [0, 0.1) is 13.8 Å². The van der Waals surface area contributed by atoms with Gasteiger partial charge < -0.3 is 5.32 Å². The molecule has 6 nitrogen and oxygen atoms in total. The van der Waals surface area contributed by atoms with Gasteiger partial charge in [0, 0.05) is 11.9 Å². The topological polar surface area (TPSA) is 72.2 Å². The van der Waals surface area contributed by atoms with Gasteiger partial charge in [-0.3, -0.25) is 4.79 Å². The summed E-state index contributed by atoms with van der Waals surface area (Å²) in [4.78, 5) is 21.5. The summed E-state index contributed by atoms with van der Waals surface area (Å²) < 4.78 is 1.72. The largest absolute Gasteiger partial charge is 0.351 e. The molecule has 1 amide bonds. The van der Waals surface area contributed by atoms with Crippen LogP contribution in [0.25, 0.3) is 16.6 Å². The molecule has 0 spiro atoms. The second-order valence-electron chi connectivity index (χ2n) is 6.30. The number of nitrogens with zero attached hydrogens (tertiary/aromatic N) is 4. The van der Waals surface area contributed by atoms with Crippen LogP contribution in [0.5, 0.6) is 0 Å². The van der Waals surface area contributed by atoms with Crippen LogP contribution in [-0.2, 0) is 11.3 Å². The van der Waals surface area contributed by atoms with Crippen molar-refractivity contribution in [3.8, 4) is 0 Å². The van der Waals surface area contributed by atoms with E-state index < -0.39 is 0 Å². The smallest absolute Gasteiger partial charge is 0.230 e. The third-order valence-corrected chi connectivity index (χ3v) is 5.25. The van der Waals surface area contributed by atoms with Gasteiger partial charge in [-0.1, -0.05) is 48.2 Å². The van der Waals surface area contributed by atoms with Gasteiger partial charge in [0.25, 0.3) is 0 Å². The third-order valence-electron chi connectivity index (χ3n) is 4.32. The number of hydrogen-bond donors (Lipinski definition) is 1. The summed E-state index contributed by atoms with van der Waals surface area (Å²) >= 11 is 1.36. The molecule has 4 aromatic rings. The summed E-state index contributed by atoms with van der Waals surface area (Å²) in [6, 6.07) is 15.9. The molecule has 0 atom stereocenters. The third kappa shape index (κ3) is 3.64. The number of nitrogens with one attached hydrogen (secondary N) is 1. The Balaban J connectivity index is 1.51. The number of benzene rings is 2. The molecule has 4 rings (SSSR count). The van der Waals surface area contributed by atoms with Gasteiger partial charge >= 0.3 is 0 Å². The van der Waals surface area contributed by atoms with Crippen molar-refractivity contribution in [1.29, 1.82) is 0 Å². The van der Waals surface area contributed by atoms with Gasteiger partial charge in [0.05, 0.1) is 11.3 Å². The zero-order valence-electron chi connectivity index (χ0n) is 15.1. The van der Waals surface area contributed by atoms with Crippen molar-refractivity contribution in [2.45, 2.75) is 25.5 Å². The maximum Gasteiger partial charge on any atom is 0.230 e. The molecule has 2 heterocycles. The molecular weight excluding hydrogens is 358 g/mol. The molecule has 0 saturated heterocycles. The van der Waals surface area contributed by atoms with E-state index in [1.165, 1.54) is 17.3 Å². The number of fused-ring (bicyclic) bond motifs is 3. The van der Waals surface area contributed by atoms with Crippen LogP contribution in [0.1, 0.15) is 17.0 Å². The Kier molecular flexibility index (Phi) is 4.77. The second-order valence-corrected chi connectivity index (χ2v) is 7.24. The van der Waals surface area contributed by atoms with E-state index >= 15 is 0 Å². The Morgan fingerprint density at radius 1 is 1.07 bits per heavy atom. The lowest BCUT2D eigenvalue weighted by atomic mass is 10.1. The van der Waals surface area contributed by atoms with Crippen molar-refractivity contribution in [1.82, 2.24) is 24.9 Å². The average molecular weight is 377 g/mol. The summed E-state index contributed by atoms with van der Waals surface area (Å²) in [5.41, 5.74) is 3.90. The highest BCUT2D eigenvalue weighted by Crippen LogP contribution is 2.23. The number of aryl methyl sites for hydroxylation is 2. The molecule has 0 fully saturated rings. The molecule has 2 aromatic heterocycles. The molecule has 2 aromatic carbocycles. The molecule has 0 aliphatic rings. The molecule has 7 heteroatoms. The Morgan fingerprint density at radius 2 is 1.85 bits per heavy atom. The maximum absolute atomic E-state index is 12.3. The van der Waals surface area contributed by atoms with E-state index in [4.69, 9.17) is 0 Å². The van der Waals surface area contributed by atoms with Gasteiger partial charge in [-0.25, -0.2) is 9.97 Å². The van der Waals surface area contributed by atoms with Gasteiger partial charge in [-0.2, -0.15) is 4.52 Å². The number of carbonyl (C=O) groups excluding carboxylic acids is 1. The summed E-state index contributed by atoms with van der Waals surface area (Å²) in [7, 11) is 0. The maximum atomic E-state index is 12.3. The standard InChI is InChI=1S/C20H19N5OS/c1-13-7-3-4-8-15(13)11-21-18(26)12-27-20-23-17-10-6-5-9-16(17)19-22-14(2)24-25(19)20/h3-10H,11-12H2,1-2H3,(H,21,26). The minimum atomic E-state index is -0.0387. The molecule has 0 aliphatic carbocycles. The van der Waals surface area contributed by atoms with Crippen molar-refractivity contribution in [3.05, 3.63) is 65.5 Å². The quantitative estimate of drug-likeness (QED) is 0.427. The van der Waals surface area contributed by atoms with E-state index in [9.17, 15) is 4.79 Å². The summed E-state index contributed by atoms with van der Waals surface area (Å²) in [6.45, 7) is 4.42. The van der Waals surface area contributed by atoms with Gasteiger partial charge in [-0.15, -0.1) is 5.10 Å². The monoisotopic (exact) mass is 377 g/mol. The van der Waals surface area contributed by atoms with Crippen LogP contribution in [0.4, 0.5) is 0 Å². The van der Waals surface area contributed by atoms with Crippen LogP contribution in [0.3, 0.4) is 0 Å². The SMILES string of the molecule is Cc1nc2c3ccccc3nc(SCC(=O)NCc3ccccc3C)n2n1. The highest BCUT2D eigenvalue weighted by Gasteiger charge is 2.13. The minimum absolute atomic E-state index is 0.0387. The van der Waals surface area contributed by atoms with Crippen LogP contribution in [-0.4, -0.2) is 31.2 Å². The number of hydrogen-bond acceptors (Lipinski definition) is 5. The Bertz CT molecular complexity index is 1140. The molecule has 1 N–H and O–H groups in total. The molecule has 136 valence electrons. The zero-order chi connectivity index (χ0) is 18.8. The normalized spacial score (nSPS) is 11.2. The Morgan fingerprint density at radius 3 is 2.70 bits per heavy atom. The van der Waals surface area contributed by atoms with Gasteiger partial charge in [0.15, 0.2) is 10.8 Å². The number of aromatic nitrogens is 4. The van der Waals surface area contributed by atoms with Crippen molar-refractivity contribution >= 4 is 34.2 Å². The summed E-state index contributed by atoms with van der Waals surface area (Å²) in [5, 5.41) is 9.02. The fourth-order valence-electron chi connectivity index (χ4n) is 2.91. The number of amides is 1. The number of rotatable bonds is 5. The average Bonchev–Trinajstić information content (AvgIpc) is 3.07. The van der Waals surface area contributed by atoms with E-state index in [0.717, 1.165) is 22.1 Å². The van der Waals surface area contributed by atoms with Crippen LogP contribution < -0.4 is 5.32 Å². The van der Waals surface area contributed by atoms with E-state index in [1.807, 2.05) is 62.4 Å². The van der Waals surface area contributed by atoms with Crippen LogP contribution in [0.2, 0.25) is 0 Å². The van der Waals surface area contributed by atoms with Crippen molar-refractivity contribution < 1.29 is 4.79 Å².